The molecule has 0 spiro atoms. The van der Waals surface area contributed by atoms with Crippen molar-refractivity contribution in [3.05, 3.63) is 0 Å². The first-order chi connectivity index (χ1) is 6.95. The molecule has 0 aromatic heterocycles. The Morgan fingerprint density at radius 3 is 1.80 bits per heavy atom. The lowest BCUT2D eigenvalue weighted by Gasteiger charge is -2.05. The lowest BCUT2D eigenvalue weighted by atomic mass is 10.0. The Balaban J connectivity index is 3.68. The quantitative estimate of drug-likeness (QED) is 0.410. The molecule has 0 atom stereocenters. The van der Waals surface area contributed by atoms with E-state index in [1.807, 2.05) is 0 Å². The molecule has 6 heteroatoms. The van der Waals surface area contributed by atoms with Crippen molar-refractivity contribution in [2.45, 2.75) is 32.1 Å². The van der Waals surface area contributed by atoms with Crippen LogP contribution in [0.2, 0.25) is 0 Å². The van der Waals surface area contributed by atoms with E-state index in [1.165, 1.54) is 0 Å². The van der Waals surface area contributed by atoms with Gasteiger partial charge in [-0.1, -0.05) is 12.8 Å². The Morgan fingerprint density at radius 2 is 1.40 bits per heavy atom. The zero-order valence-corrected chi connectivity index (χ0v) is 8.18. The van der Waals surface area contributed by atoms with E-state index in [-0.39, 0.29) is 12.8 Å². The van der Waals surface area contributed by atoms with E-state index in [1.54, 1.807) is 0 Å². The van der Waals surface area contributed by atoms with Crippen molar-refractivity contribution in [1.82, 2.24) is 0 Å². The summed E-state index contributed by atoms with van der Waals surface area (Å²) < 4.78 is 0. The highest BCUT2D eigenvalue weighted by molar-refractivity contribution is 5.92. The molecule has 86 valence electrons. The molecule has 0 aliphatic heterocycles. The van der Waals surface area contributed by atoms with Crippen LogP contribution < -0.4 is 0 Å². The standard InChI is InChI=1S/C9H14O6/c10-7(11)5-3-1-2-4-6(8(12)13)9(14)15/h6H,1-5H2,(H,10,11)(H,12,13)(H,14,15). The zero-order chi connectivity index (χ0) is 11.8. The van der Waals surface area contributed by atoms with Crippen molar-refractivity contribution in [3.63, 3.8) is 0 Å². The van der Waals surface area contributed by atoms with Crippen molar-refractivity contribution in [1.29, 1.82) is 0 Å². The van der Waals surface area contributed by atoms with E-state index in [2.05, 4.69) is 0 Å². The Labute approximate surface area is 86.5 Å². The molecule has 0 aliphatic carbocycles. The van der Waals surface area contributed by atoms with Crippen molar-refractivity contribution in [2.75, 3.05) is 0 Å². The minimum atomic E-state index is -1.38. The van der Waals surface area contributed by atoms with Crippen LogP contribution in [0.5, 0.6) is 0 Å². The van der Waals surface area contributed by atoms with Gasteiger partial charge in [0.1, 0.15) is 0 Å². The van der Waals surface area contributed by atoms with E-state index < -0.39 is 23.8 Å². The molecule has 0 rings (SSSR count). The lowest BCUT2D eigenvalue weighted by molar-refractivity contribution is -0.155. The third kappa shape index (κ3) is 6.48. The van der Waals surface area contributed by atoms with Gasteiger partial charge in [-0.05, 0) is 12.8 Å². The fourth-order valence-corrected chi connectivity index (χ4v) is 1.15. The number of aliphatic carboxylic acids is 3. The first kappa shape index (κ1) is 13.4. The lowest BCUT2D eigenvalue weighted by Crippen LogP contribution is -2.23. The molecule has 0 aromatic carbocycles. The highest BCUT2D eigenvalue weighted by atomic mass is 16.4. The van der Waals surface area contributed by atoms with Crippen LogP contribution in [0.25, 0.3) is 0 Å². The summed E-state index contributed by atoms with van der Waals surface area (Å²) in [6, 6.07) is 0. The fourth-order valence-electron chi connectivity index (χ4n) is 1.15. The normalized spacial score (nSPS) is 10.2. The van der Waals surface area contributed by atoms with Crippen molar-refractivity contribution in [3.8, 4) is 0 Å². The Kier molecular flexibility index (Phi) is 6.08. The number of carboxylic acids is 3. The third-order valence-corrected chi connectivity index (χ3v) is 1.98. The van der Waals surface area contributed by atoms with Crippen LogP contribution in [-0.4, -0.2) is 33.2 Å². The summed E-state index contributed by atoms with van der Waals surface area (Å²) in [4.78, 5) is 31.0. The van der Waals surface area contributed by atoms with E-state index in [0.29, 0.717) is 19.3 Å². The average Bonchev–Trinajstić information content (AvgIpc) is 2.08. The maximum absolute atomic E-state index is 10.4. The van der Waals surface area contributed by atoms with Gasteiger partial charge in [-0.3, -0.25) is 14.4 Å². The molecule has 0 aliphatic rings. The number of hydrogen-bond donors (Lipinski definition) is 3. The number of carboxylic acid groups (broad SMARTS) is 3. The van der Waals surface area contributed by atoms with Crippen LogP contribution in [0.3, 0.4) is 0 Å². The van der Waals surface area contributed by atoms with Crippen LogP contribution in [-0.2, 0) is 14.4 Å². The fraction of sp³-hybridized carbons (Fsp3) is 0.667. The number of carbonyl (C=O) groups is 3. The molecular weight excluding hydrogens is 204 g/mol. The first-order valence-electron chi connectivity index (χ1n) is 4.62. The zero-order valence-electron chi connectivity index (χ0n) is 8.18. The van der Waals surface area contributed by atoms with Gasteiger partial charge in [-0.15, -0.1) is 0 Å². The topological polar surface area (TPSA) is 112 Å². The monoisotopic (exact) mass is 218 g/mol. The molecule has 6 nitrogen and oxygen atoms in total. The molecule has 0 bridgehead atoms. The maximum Gasteiger partial charge on any atom is 0.317 e. The molecule has 0 amide bonds. The molecule has 0 saturated carbocycles. The van der Waals surface area contributed by atoms with Gasteiger partial charge >= 0.3 is 17.9 Å². The molecule has 0 heterocycles. The predicted molar refractivity (Wildman–Crippen MR) is 49.5 cm³/mol. The summed E-state index contributed by atoms with van der Waals surface area (Å²) in [5.74, 6) is -4.97. The number of rotatable bonds is 8. The SMILES string of the molecule is O=C(O)CCCCCC(C(=O)O)C(=O)O. The smallest absolute Gasteiger partial charge is 0.317 e. The van der Waals surface area contributed by atoms with Gasteiger partial charge in [0.05, 0.1) is 0 Å². The predicted octanol–water partition coefficient (Wildman–Crippen LogP) is 0.807. The van der Waals surface area contributed by atoms with Crippen molar-refractivity contribution < 1.29 is 29.7 Å². The van der Waals surface area contributed by atoms with Gasteiger partial charge in [0, 0.05) is 6.42 Å². The van der Waals surface area contributed by atoms with Crippen LogP contribution in [0, 0.1) is 5.92 Å². The van der Waals surface area contributed by atoms with Crippen molar-refractivity contribution >= 4 is 17.9 Å². The summed E-state index contributed by atoms with van der Waals surface area (Å²) in [5, 5.41) is 25.3. The second-order valence-electron chi connectivity index (χ2n) is 3.22. The Hall–Kier alpha value is -1.59. The second-order valence-corrected chi connectivity index (χ2v) is 3.22. The van der Waals surface area contributed by atoms with Crippen LogP contribution in [0.4, 0.5) is 0 Å². The summed E-state index contributed by atoms with van der Waals surface area (Å²) in [7, 11) is 0. The summed E-state index contributed by atoms with van der Waals surface area (Å²) in [6.07, 6.45) is 1.47. The molecule has 0 aromatic rings. The van der Waals surface area contributed by atoms with Crippen molar-refractivity contribution in [2.24, 2.45) is 5.92 Å². The van der Waals surface area contributed by atoms with Crippen LogP contribution >= 0.6 is 0 Å². The summed E-state index contributed by atoms with van der Waals surface area (Å²) in [5.41, 5.74) is 0. The Morgan fingerprint density at radius 1 is 0.867 bits per heavy atom. The summed E-state index contributed by atoms with van der Waals surface area (Å²) in [6.45, 7) is 0. The van der Waals surface area contributed by atoms with Gasteiger partial charge in [0.2, 0.25) is 0 Å². The molecular formula is C9H14O6. The van der Waals surface area contributed by atoms with Crippen LogP contribution in [0.15, 0.2) is 0 Å². The summed E-state index contributed by atoms with van der Waals surface area (Å²) >= 11 is 0. The number of hydrogen-bond acceptors (Lipinski definition) is 3. The highest BCUT2D eigenvalue weighted by Gasteiger charge is 2.24. The Bertz CT molecular complexity index is 233. The molecule has 0 saturated heterocycles. The van der Waals surface area contributed by atoms with Gasteiger partial charge in [0.25, 0.3) is 0 Å². The van der Waals surface area contributed by atoms with Gasteiger partial charge in [-0.2, -0.15) is 0 Å². The van der Waals surface area contributed by atoms with Gasteiger partial charge in [0.15, 0.2) is 5.92 Å². The molecule has 15 heavy (non-hydrogen) atoms. The average molecular weight is 218 g/mol. The molecule has 3 N–H and O–H groups in total. The minimum absolute atomic E-state index is 0.0325. The maximum atomic E-state index is 10.4. The minimum Gasteiger partial charge on any atom is -0.481 e. The largest absolute Gasteiger partial charge is 0.481 e. The second kappa shape index (κ2) is 6.80. The van der Waals surface area contributed by atoms with E-state index >= 15 is 0 Å². The van der Waals surface area contributed by atoms with E-state index in [0.717, 1.165) is 0 Å². The highest BCUT2D eigenvalue weighted by Crippen LogP contribution is 2.11. The van der Waals surface area contributed by atoms with E-state index in [4.69, 9.17) is 15.3 Å². The van der Waals surface area contributed by atoms with Gasteiger partial charge in [-0.25, -0.2) is 0 Å². The van der Waals surface area contributed by atoms with Gasteiger partial charge < -0.3 is 15.3 Å². The molecule has 0 radical (unpaired) electrons. The molecule has 0 fully saturated rings. The molecule has 0 unspecified atom stereocenters. The first-order valence-corrected chi connectivity index (χ1v) is 4.62. The van der Waals surface area contributed by atoms with Crippen LogP contribution in [0.1, 0.15) is 32.1 Å². The third-order valence-electron chi connectivity index (χ3n) is 1.98. The van der Waals surface area contributed by atoms with E-state index in [9.17, 15) is 14.4 Å². The number of unbranched alkanes of at least 4 members (excludes halogenated alkanes) is 2.